The summed E-state index contributed by atoms with van der Waals surface area (Å²) in [5.41, 5.74) is 4.14. The molecule has 2 fully saturated rings. The van der Waals surface area contributed by atoms with Gasteiger partial charge in [-0.15, -0.1) is 0 Å². The van der Waals surface area contributed by atoms with Crippen LogP contribution in [0.25, 0.3) is 0 Å². The topological polar surface area (TPSA) is 118 Å². The largest absolute Gasteiger partial charge is 0.459 e. The Bertz CT molecular complexity index is 1510. The van der Waals surface area contributed by atoms with Gasteiger partial charge < -0.3 is 24.9 Å². The van der Waals surface area contributed by atoms with Crippen molar-refractivity contribution < 1.29 is 23.6 Å². The maximum atomic E-state index is 13.0. The first-order valence-electron chi connectivity index (χ1n) is 13.9. The number of nitrogens with zero attached hydrogens (tertiary/aromatic N) is 4. The molecule has 2 N–H and O–H groups in total. The Labute approximate surface area is 244 Å². The average Bonchev–Trinajstić information content (AvgIpc) is 3.61. The van der Waals surface area contributed by atoms with Crippen LogP contribution in [0.15, 0.2) is 77.7 Å². The van der Waals surface area contributed by atoms with Crippen LogP contribution in [0.1, 0.15) is 32.9 Å². The van der Waals surface area contributed by atoms with Crippen molar-refractivity contribution >= 4 is 40.7 Å². The minimum atomic E-state index is -0.624. The summed E-state index contributed by atoms with van der Waals surface area (Å²) in [6.07, 6.45) is 1.87. The molecule has 2 aliphatic heterocycles. The summed E-state index contributed by atoms with van der Waals surface area (Å²) < 4.78 is 5.27. The second-order valence-corrected chi connectivity index (χ2v) is 10.3. The molecule has 2 aliphatic rings. The van der Waals surface area contributed by atoms with E-state index in [9.17, 15) is 19.2 Å². The minimum absolute atomic E-state index is 0.169. The van der Waals surface area contributed by atoms with Gasteiger partial charge in [0.05, 0.1) is 17.6 Å². The Morgan fingerprint density at radius 2 is 1.62 bits per heavy atom. The third-order valence-electron chi connectivity index (χ3n) is 7.60. The second-order valence-electron chi connectivity index (χ2n) is 10.3. The highest BCUT2D eigenvalue weighted by atomic mass is 16.3. The molecule has 0 radical (unpaired) electrons. The fraction of sp³-hybridized carbons (Fsp3) is 0.290. The number of carbonyl (C=O) groups is 4. The highest BCUT2D eigenvalue weighted by molar-refractivity contribution is 6.37. The normalized spacial score (nSPS) is 15.4. The van der Waals surface area contributed by atoms with E-state index in [2.05, 4.69) is 46.1 Å². The maximum Gasteiger partial charge on any atom is 0.318 e. The van der Waals surface area contributed by atoms with Crippen LogP contribution in [0.4, 0.5) is 17.1 Å². The van der Waals surface area contributed by atoms with Crippen molar-refractivity contribution in [2.45, 2.75) is 13.3 Å². The first-order chi connectivity index (χ1) is 20.2. The van der Waals surface area contributed by atoms with Crippen molar-refractivity contribution in [1.82, 2.24) is 15.1 Å². The van der Waals surface area contributed by atoms with Crippen LogP contribution in [-0.4, -0.2) is 79.7 Å². The summed E-state index contributed by atoms with van der Waals surface area (Å²) in [7, 11) is 1.50. The number of benzene rings is 2. The van der Waals surface area contributed by atoms with Gasteiger partial charge in [-0.1, -0.05) is 24.8 Å². The van der Waals surface area contributed by atoms with E-state index in [4.69, 9.17) is 4.42 Å². The van der Waals surface area contributed by atoms with Crippen LogP contribution in [0, 0.1) is 6.92 Å². The standard InChI is InChI=1S/C31H34N6O5/c1-21-8-4-5-9-25(21)35-15-17-36(18-16-35)26-12-11-23(20-24(26)33-29(39)27-10-6-19-42-27)28(38)32-13-7-14-37-22(2)34(3)30(40)31(37)41/h4-6,8-12,19-20H,2,7,13-18H2,1,3H3,(H,32,38)(H,33,39). The van der Waals surface area contributed by atoms with E-state index in [1.807, 2.05) is 18.2 Å². The van der Waals surface area contributed by atoms with Crippen molar-refractivity contribution in [3.8, 4) is 0 Å². The van der Waals surface area contributed by atoms with Gasteiger partial charge in [0.2, 0.25) is 0 Å². The molecule has 11 nitrogen and oxygen atoms in total. The van der Waals surface area contributed by atoms with E-state index in [0.29, 0.717) is 23.5 Å². The van der Waals surface area contributed by atoms with E-state index in [1.165, 1.54) is 34.4 Å². The van der Waals surface area contributed by atoms with Gasteiger partial charge in [0, 0.05) is 57.6 Å². The summed E-state index contributed by atoms with van der Waals surface area (Å²) in [6.45, 7) is 9.52. The van der Waals surface area contributed by atoms with Gasteiger partial charge in [-0.2, -0.15) is 0 Å². The highest BCUT2D eigenvalue weighted by Gasteiger charge is 2.37. The molecule has 0 spiro atoms. The fourth-order valence-electron chi connectivity index (χ4n) is 5.20. The molecule has 0 atom stereocenters. The van der Waals surface area contributed by atoms with Gasteiger partial charge in [0.1, 0.15) is 5.82 Å². The first kappa shape index (κ1) is 28.5. The molecule has 1 aromatic heterocycles. The van der Waals surface area contributed by atoms with Crippen molar-refractivity contribution in [3.05, 3.63) is 90.1 Å². The Morgan fingerprint density at radius 3 is 2.26 bits per heavy atom. The molecule has 0 saturated carbocycles. The van der Waals surface area contributed by atoms with Crippen LogP contribution in [0.5, 0.6) is 0 Å². The quantitative estimate of drug-likeness (QED) is 0.300. The van der Waals surface area contributed by atoms with Crippen molar-refractivity contribution in [2.24, 2.45) is 0 Å². The molecule has 11 heteroatoms. The van der Waals surface area contributed by atoms with Crippen LogP contribution in [-0.2, 0) is 9.59 Å². The number of amides is 4. The first-order valence-corrected chi connectivity index (χ1v) is 13.9. The Kier molecular flexibility index (Phi) is 8.28. The average molecular weight is 571 g/mol. The van der Waals surface area contributed by atoms with E-state index >= 15 is 0 Å². The number of anilines is 3. The molecule has 2 saturated heterocycles. The number of rotatable bonds is 9. The lowest BCUT2D eigenvalue weighted by atomic mass is 10.1. The zero-order valence-electron chi connectivity index (χ0n) is 23.8. The fourth-order valence-corrected chi connectivity index (χ4v) is 5.20. The van der Waals surface area contributed by atoms with Gasteiger partial charge in [-0.25, -0.2) is 0 Å². The molecule has 3 aromatic rings. The van der Waals surface area contributed by atoms with Crippen molar-refractivity contribution in [1.29, 1.82) is 0 Å². The number of para-hydroxylation sites is 1. The van der Waals surface area contributed by atoms with Crippen LogP contribution in [0.3, 0.4) is 0 Å². The van der Waals surface area contributed by atoms with E-state index in [1.54, 1.807) is 24.3 Å². The number of hydrogen-bond acceptors (Lipinski definition) is 7. The number of nitrogens with one attached hydrogen (secondary N) is 2. The van der Waals surface area contributed by atoms with Crippen LogP contribution in [0.2, 0.25) is 0 Å². The molecular weight excluding hydrogens is 536 g/mol. The van der Waals surface area contributed by atoms with Gasteiger partial charge >= 0.3 is 11.8 Å². The van der Waals surface area contributed by atoms with Crippen LogP contribution < -0.4 is 20.4 Å². The molecule has 0 bridgehead atoms. The molecule has 42 heavy (non-hydrogen) atoms. The molecule has 5 rings (SSSR count). The number of furan rings is 1. The van der Waals surface area contributed by atoms with Crippen molar-refractivity contribution in [3.63, 3.8) is 0 Å². The smallest absolute Gasteiger partial charge is 0.318 e. The molecule has 0 aliphatic carbocycles. The molecular formula is C31H34N6O5. The van der Waals surface area contributed by atoms with Gasteiger partial charge in [0.15, 0.2) is 5.76 Å². The Balaban J connectivity index is 1.26. The van der Waals surface area contributed by atoms with Crippen LogP contribution >= 0.6 is 0 Å². The highest BCUT2D eigenvalue weighted by Crippen LogP contribution is 2.30. The summed E-state index contributed by atoms with van der Waals surface area (Å²) in [5, 5.41) is 5.78. The van der Waals surface area contributed by atoms with E-state index in [0.717, 1.165) is 31.9 Å². The molecule has 218 valence electrons. The van der Waals surface area contributed by atoms with Gasteiger partial charge in [-0.3, -0.25) is 29.0 Å². The summed E-state index contributed by atoms with van der Waals surface area (Å²) >= 11 is 0. The molecule has 3 heterocycles. The number of hydrogen-bond donors (Lipinski definition) is 2. The monoisotopic (exact) mass is 570 g/mol. The molecule has 0 unspecified atom stereocenters. The molecule has 2 aromatic carbocycles. The third kappa shape index (κ3) is 5.85. The number of carbonyl (C=O) groups excluding carboxylic acids is 4. The lowest BCUT2D eigenvalue weighted by Gasteiger charge is -2.38. The lowest BCUT2D eigenvalue weighted by Crippen LogP contribution is -2.47. The molecule has 4 amide bonds. The predicted octanol–water partition coefficient (Wildman–Crippen LogP) is 3.06. The van der Waals surface area contributed by atoms with E-state index in [-0.39, 0.29) is 24.8 Å². The zero-order valence-corrected chi connectivity index (χ0v) is 23.8. The van der Waals surface area contributed by atoms with Gasteiger partial charge in [-0.05, 0) is 55.3 Å². The summed E-state index contributed by atoms with van der Waals surface area (Å²) in [6, 6.07) is 16.8. The summed E-state index contributed by atoms with van der Waals surface area (Å²) in [5.74, 6) is -1.48. The number of piperazine rings is 1. The number of likely N-dealkylation sites (N-methyl/N-ethyl adjacent to an activating group) is 1. The van der Waals surface area contributed by atoms with Gasteiger partial charge in [0.25, 0.3) is 11.8 Å². The van der Waals surface area contributed by atoms with Crippen molar-refractivity contribution in [2.75, 3.05) is 61.4 Å². The summed E-state index contributed by atoms with van der Waals surface area (Å²) in [4.78, 5) is 56.9. The SMILES string of the molecule is C=C1N(C)C(=O)C(=O)N1CCCNC(=O)c1ccc(N2CCN(c3ccccc3C)CC2)c(NC(=O)c2ccco2)c1. The lowest BCUT2D eigenvalue weighted by molar-refractivity contribution is -0.142. The zero-order chi connectivity index (χ0) is 29.8. The Morgan fingerprint density at radius 1 is 0.905 bits per heavy atom. The predicted molar refractivity (Wildman–Crippen MR) is 159 cm³/mol. The third-order valence-corrected chi connectivity index (χ3v) is 7.60. The second kappa shape index (κ2) is 12.2. The maximum absolute atomic E-state index is 13.0. The minimum Gasteiger partial charge on any atom is -0.459 e. The number of aryl methyl sites for hydroxylation is 1. The Hall–Kier alpha value is -5.06. The van der Waals surface area contributed by atoms with E-state index < -0.39 is 17.7 Å².